The highest BCUT2D eigenvalue weighted by molar-refractivity contribution is 6.04. The van der Waals surface area contributed by atoms with Crippen molar-refractivity contribution in [3.8, 4) is 17.1 Å². The number of urea groups is 1. The molecule has 1 unspecified atom stereocenters. The van der Waals surface area contributed by atoms with E-state index in [-0.39, 0.29) is 36.0 Å². The Morgan fingerprint density at radius 2 is 2.08 bits per heavy atom. The molecule has 0 radical (unpaired) electrons. The number of nitrogens with zero attached hydrogens (tertiary/aromatic N) is 5. The minimum atomic E-state index is -4.50. The molecule has 2 amide bonds. The van der Waals surface area contributed by atoms with Crippen LogP contribution in [-0.4, -0.2) is 65.2 Å². The molecule has 0 spiro atoms. The van der Waals surface area contributed by atoms with Crippen LogP contribution in [0, 0.1) is 0 Å². The summed E-state index contributed by atoms with van der Waals surface area (Å²) in [5, 5.41) is 2.82. The van der Waals surface area contributed by atoms with E-state index in [1.54, 1.807) is 23.2 Å². The van der Waals surface area contributed by atoms with Crippen molar-refractivity contribution in [1.29, 1.82) is 0 Å². The predicted octanol–water partition coefficient (Wildman–Crippen LogP) is 4.72. The third-order valence-corrected chi connectivity index (χ3v) is 6.98. The molecular formula is C27H27F3N6O4. The summed E-state index contributed by atoms with van der Waals surface area (Å²) >= 11 is 0. The van der Waals surface area contributed by atoms with Gasteiger partial charge in [-0.25, -0.2) is 19.7 Å². The molecule has 5 heterocycles. The Kier molecular flexibility index (Phi) is 6.50. The molecule has 13 heteroatoms. The lowest BCUT2D eigenvalue weighted by Gasteiger charge is -2.35. The zero-order valence-electron chi connectivity index (χ0n) is 21.8. The normalized spacial score (nSPS) is 21.3. The number of carbonyl (C=O) groups is 1. The molecule has 10 nitrogen and oxygen atoms in total. The van der Waals surface area contributed by atoms with Gasteiger partial charge in [-0.2, -0.15) is 13.2 Å². The van der Waals surface area contributed by atoms with Crippen LogP contribution in [0.5, 0.6) is 5.75 Å². The topological polar surface area (TPSA) is 102 Å². The monoisotopic (exact) mass is 556 g/mol. The Bertz CT molecular complexity index is 1440. The number of anilines is 3. The van der Waals surface area contributed by atoms with Crippen molar-refractivity contribution < 1.29 is 32.2 Å². The van der Waals surface area contributed by atoms with Gasteiger partial charge >= 0.3 is 12.2 Å². The van der Waals surface area contributed by atoms with Gasteiger partial charge < -0.3 is 19.1 Å². The smallest absolute Gasteiger partial charge is 0.416 e. The average Bonchev–Trinajstić information content (AvgIpc) is 3.50. The van der Waals surface area contributed by atoms with E-state index in [1.165, 1.54) is 18.3 Å². The number of nitrogens with one attached hydrogen (secondary N) is 1. The van der Waals surface area contributed by atoms with E-state index in [9.17, 15) is 18.0 Å². The van der Waals surface area contributed by atoms with E-state index < -0.39 is 23.6 Å². The molecular weight excluding hydrogens is 529 g/mol. The number of hydrogen-bond acceptors (Lipinski definition) is 8. The fourth-order valence-electron chi connectivity index (χ4n) is 5.12. The Morgan fingerprint density at radius 1 is 1.23 bits per heavy atom. The summed E-state index contributed by atoms with van der Waals surface area (Å²) in [6.07, 6.45) is -0.930. The van der Waals surface area contributed by atoms with Crippen molar-refractivity contribution >= 4 is 23.4 Å². The number of fused-ring (bicyclic) bond motifs is 4. The first-order chi connectivity index (χ1) is 19.1. The van der Waals surface area contributed by atoms with Crippen molar-refractivity contribution in [3.05, 3.63) is 54.4 Å². The van der Waals surface area contributed by atoms with E-state index in [1.807, 2.05) is 13.8 Å². The summed E-state index contributed by atoms with van der Waals surface area (Å²) in [7, 11) is 0. The molecule has 2 fully saturated rings. The predicted molar refractivity (Wildman–Crippen MR) is 139 cm³/mol. The summed E-state index contributed by atoms with van der Waals surface area (Å²) in [5.41, 5.74) is 0.0532. The van der Waals surface area contributed by atoms with Gasteiger partial charge in [-0.05, 0) is 38.5 Å². The summed E-state index contributed by atoms with van der Waals surface area (Å²) in [4.78, 5) is 30.3. The molecule has 3 aromatic rings. The van der Waals surface area contributed by atoms with E-state index in [2.05, 4.69) is 25.2 Å². The maximum atomic E-state index is 13.6. The summed E-state index contributed by atoms with van der Waals surface area (Å²) in [6.45, 7) is 5.67. The van der Waals surface area contributed by atoms with Gasteiger partial charge in [0.2, 0.25) is 0 Å². The number of halogens is 3. The van der Waals surface area contributed by atoms with Crippen LogP contribution in [0.25, 0.3) is 11.4 Å². The molecule has 3 aliphatic heterocycles. The maximum absolute atomic E-state index is 13.6. The maximum Gasteiger partial charge on any atom is 0.416 e. The first kappa shape index (κ1) is 26.3. The lowest BCUT2D eigenvalue weighted by molar-refractivity contribution is -0.141. The number of carbonyl (C=O) groups excluding carboxylic acids is 1. The van der Waals surface area contributed by atoms with E-state index in [0.29, 0.717) is 43.4 Å². The molecule has 0 saturated carbocycles. The zero-order valence-corrected chi connectivity index (χ0v) is 21.8. The number of alkyl halides is 3. The van der Waals surface area contributed by atoms with Crippen molar-refractivity contribution in [3.63, 3.8) is 0 Å². The van der Waals surface area contributed by atoms with Gasteiger partial charge in [-0.3, -0.25) is 10.2 Å². The number of benzene rings is 1. The summed E-state index contributed by atoms with van der Waals surface area (Å²) in [6, 6.07) is 7.48. The molecule has 40 heavy (non-hydrogen) atoms. The van der Waals surface area contributed by atoms with Gasteiger partial charge in [0, 0.05) is 30.9 Å². The number of rotatable bonds is 5. The highest BCUT2D eigenvalue weighted by Gasteiger charge is 2.41. The fourth-order valence-corrected chi connectivity index (χ4v) is 5.12. The van der Waals surface area contributed by atoms with Gasteiger partial charge in [-0.15, -0.1) is 0 Å². The SMILES string of the molecule is CC1(C)OC[C@@H](COc2ccnc(NC(=O)N3c4nc(-c5cccc(C(F)(F)F)c5)ncc4N4CCC3C4)c2)O1. The largest absolute Gasteiger partial charge is 0.491 e. The molecule has 2 aromatic heterocycles. The molecule has 1 N–H and O–H groups in total. The van der Waals surface area contributed by atoms with E-state index in [0.717, 1.165) is 12.1 Å². The minimum Gasteiger partial charge on any atom is -0.491 e. The summed E-state index contributed by atoms with van der Waals surface area (Å²) in [5.74, 6) is 0.553. The molecule has 2 atom stereocenters. The van der Waals surface area contributed by atoms with Gasteiger partial charge in [0.1, 0.15) is 24.3 Å². The van der Waals surface area contributed by atoms with Crippen LogP contribution < -0.4 is 19.9 Å². The third kappa shape index (κ3) is 5.26. The van der Waals surface area contributed by atoms with Gasteiger partial charge in [0.15, 0.2) is 17.4 Å². The van der Waals surface area contributed by atoms with Crippen molar-refractivity contribution in [2.45, 2.75) is 44.4 Å². The van der Waals surface area contributed by atoms with Crippen LogP contribution in [-0.2, 0) is 15.7 Å². The molecule has 2 bridgehead atoms. The van der Waals surface area contributed by atoms with Crippen molar-refractivity contribution in [2.75, 3.05) is 41.4 Å². The number of amides is 2. The first-order valence-electron chi connectivity index (χ1n) is 12.9. The first-order valence-corrected chi connectivity index (χ1v) is 12.9. The number of aromatic nitrogens is 3. The summed E-state index contributed by atoms with van der Waals surface area (Å²) < 4.78 is 57.0. The third-order valence-electron chi connectivity index (χ3n) is 6.98. The van der Waals surface area contributed by atoms with Crippen molar-refractivity contribution in [2.24, 2.45) is 0 Å². The van der Waals surface area contributed by atoms with Crippen LogP contribution in [0.1, 0.15) is 25.8 Å². The molecule has 1 aromatic carbocycles. The lowest BCUT2D eigenvalue weighted by Crippen LogP contribution is -2.48. The molecule has 6 rings (SSSR count). The Morgan fingerprint density at radius 3 is 2.85 bits per heavy atom. The van der Waals surface area contributed by atoms with Crippen molar-refractivity contribution in [1.82, 2.24) is 15.0 Å². The number of ether oxygens (including phenoxy) is 3. The standard InChI is InChI=1S/C27H27F3N6O4/c1-26(2)39-15-20(40-26)14-38-19-6-8-31-22(11-19)33-25(37)36-18-7-9-35(13-18)21-12-32-23(34-24(21)36)16-4-3-5-17(10-16)27(28,29)30/h3-6,8,10-12,18,20H,7,9,13-15H2,1-2H3,(H,31,33,37)/t18?,20-/m1/s1. The Hall–Kier alpha value is -3.97. The lowest BCUT2D eigenvalue weighted by atomic mass is 10.1. The molecule has 2 saturated heterocycles. The minimum absolute atomic E-state index is 0.0972. The van der Waals surface area contributed by atoms with Crippen LogP contribution in [0.15, 0.2) is 48.8 Å². The van der Waals surface area contributed by atoms with Crippen LogP contribution in [0.2, 0.25) is 0 Å². The van der Waals surface area contributed by atoms with Crippen LogP contribution in [0.3, 0.4) is 0 Å². The van der Waals surface area contributed by atoms with Crippen LogP contribution in [0.4, 0.5) is 35.3 Å². The Balaban J connectivity index is 1.22. The van der Waals surface area contributed by atoms with Gasteiger partial charge in [0.05, 0.1) is 30.1 Å². The fraction of sp³-hybridized carbons (Fsp3) is 0.407. The van der Waals surface area contributed by atoms with Gasteiger partial charge in [0.25, 0.3) is 0 Å². The second-order valence-corrected chi connectivity index (χ2v) is 10.3. The molecule has 3 aliphatic rings. The number of hydrogen-bond donors (Lipinski definition) is 1. The number of pyridine rings is 1. The second-order valence-electron chi connectivity index (χ2n) is 10.3. The van der Waals surface area contributed by atoms with Crippen LogP contribution >= 0.6 is 0 Å². The molecule has 210 valence electrons. The average molecular weight is 557 g/mol. The van der Waals surface area contributed by atoms with E-state index >= 15 is 0 Å². The second kappa shape index (κ2) is 9.89. The van der Waals surface area contributed by atoms with E-state index in [4.69, 9.17) is 14.2 Å². The highest BCUT2D eigenvalue weighted by Crippen LogP contribution is 2.40. The Labute approximate surface area is 228 Å². The zero-order chi connectivity index (χ0) is 28.1. The highest BCUT2D eigenvalue weighted by atomic mass is 19.4. The van der Waals surface area contributed by atoms with Gasteiger partial charge in [-0.1, -0.05) is 12.1 Å². The quantitative estimate of drug-likeness (QED) is 0.482. The molecule has 0 aliphatic carbocycles.